The Balaban J connectivity index is 2.40. The molecule has 0 bridgehead atoms. The topological polar surface area (TPSA) is 131 Å². The first-order valence-electron chi connectivity index (χ1n) is 7.42. The van der Waals surface area contributed by atoms with Gasteiger partial charge >= 0.3 is 12.0 Å². The van der Waals surface area contributed by atoms with E-state index in [-0.39, 0.29) is 10.9 Å². The average molecular weight is 371 g/mol. The number of carbonyl (C=O) groups excluding carboxylic acids is 3. The number of rotatable bonds is 7. The Morgan fingerprint density at radius 2 is 1.72 bits per heavy atom. The number of hydrogen-bond donors (Lipinski definition) is 3. The number of esters is 1. The average Bonchev–Trinajstić information content (AvgIpc) is 2.50. The van der Waals surface area contributed by atoms with Gasteiger partial charge in [0.2, 0.25) is 10.0 Å². The lowest BCUT2D eigenvalue weighted by Crippen LogP contribution is -2.44. The van der Waals surface area contributed by atoms with Crippen LogP contribution in [0.4, 0.5) is 4.79 Å². The van der Waals surface area contributed by atoms with Gasteiger partial charge in [-0.05, 0) is 32.9 Å². The van der Waals surface area contributed by atoms with Gasteiger partial charge in [0, 0.05) is 6.04 Å². The van der Waals surface area contributed by atoms with Crippen LogP contribution in [0, 0.1) is 6.92 Å². The fourth-order valence-corrected chi connectivity index (χ4v) is 2.58. The van der Waals surface area contributed by atoms with Crippen molar-refractivity contribution in [2.75, 3.05) is 13.2 Å². The minimum Gasteiger partial charge on any atom is -0.455 e. The molecule has 1 aromatic carbocycles. The number of benzene rings is 1. The molecule has 0 atom stereocenters. The summed E-state index contributed by atoms with van der Waals surface area (Å²) < 4.78 is 30.6. The molecule has 0 aliphatic heterocycles. The van der Waals surface area contributed by atoms with Crippen LogP contribution in [0.3, 0.4) is 0 Å². The van der Waals surface area contributed by atoms with Crippen LogP contribution in [-0.2, 0) is 24.3 Å². The van der Waals surface area contributed by atoms with Gasteiger partial charge in [-0.1, -0.05) is 17.7 Å². The molecule has 138 valence electrons. The van der Waals surface area contributed by atoms with Crippen LogP contribution in [0.15, 0.2) is 29.2 Å². The van der Waals surface area contributed by atoms with Gasteiger partial charge < -0.3 is 10.1 Å². The van der Waals surface area contributed by atoms with E-state index in [4.69, 9.17) is 0 Å². The predicted octanol–water partition coefficient (Wildman–Crippen LogP) is 0.0507. The maximum absolute atomic E-state index is 12.0. The van der Waals surface area contributed by atoms with E-state index in [1.165, 1.54) is 12.1 Å². The lowest BCUT2D eigenvalue weighted by Gasteiger charge is -2.10. The third-order valence-electron chi connectivity index (χ3n) is 2.77. The lowest BCUT2D eigenvalue weighted by molar-refractivity contribution is -0.147. The number of aryl methyl sites for hydroxylation is 1. The monoisotopic (exact) mass is 371 g/mol. The molecular weight excluding hydrogens is 350 g/mol. The van der Waals surface area contributed by atoms with Crippen LogP contribution in [0.25, 0.3) is 0 Å². The van der Waals surface area contributed by atoms with Crippen molar-refractivity contribution in [3.63, 3.8) is 0 Å². The summed E-state index contributed by atoms with van der Waals surface area (Å²) in [6.45, 7) is 3.90. The molecule has 9 nitrogen and oxygen atoms in total. The maximum Gasteiger partial charge on any atom is 0.321 e. The van der Waals surface area contributed by atoms with Crippen LogP contribution in [0.1, 0.15) is 19.4 Å². The molecule has 0 aliphatic carbocycles. The number of urea groups is 1. The predicted molar refractivity (Wildman–Crippen MR) is 89.1 cm³/mol. The van der Waals surface area contributed by atoms with Crippen molar-refractivity contribution < 1.29 is 27.5 Å². The summed E-state index contributed by atoms with van der Waals surface area (Å²) in [5.74, 6) is -1.78. The zero-order valence-electron chi connectivity index (χ0n) is 14.2. The second-order valence-corrected chi connectivity index (χ2v) is 7.24. The highest BCUT2D eigenvalue weighted by Crippen LogP contribution is 2.09. The van der Waals surface area contributed by atoms with Crippen LogP contribution in [-0.4, -0.2) is 45.5 Å². The molecule has 0 aliphatic rings. The zero-order valence-corrected chi connectivity index (χ0v) is 15.0. The fourth-order valence-electron chi connectivity index (χ4n) is 1.61. The second-order valence-electron chi connectivity index (χ2n) is 5.47. The Morgan fingerprint density at radius 1 is 1.12 bits per heavy atom. The second kappa shape index (κ2) is 9.14. The number of nitrogens with one attached hydrogen (secondary N) is 3. The molecule has 0 fully saturated rings. The first-order chi connectivity index (χ1) is 11.6. The van der Waals surface area contributed by atoms with Crippen LogP contribution in [0.2, 0.25) is 0 Å². The van der Waals surface area contributed by atoms with Crippen molar-refractivity contribution in [2.24, 2.45) is 0 Å². The van der Waals surface area contributed by atoms with Crippen molar-refractivity contribution in [2.45, 2.75) is 31.7 Å². The van der Waals surface area contributed by atoms with E-state index in [0.29, 0.717) is 0 Å². The van der Waals surface area contributed by atoms with Gasteiger partial charge in [-0.25, -0.2) is 13.2 Å². The van der Waals surface area contributed by atoms with Gasteiger partial charge in [-0.2, -0.15) is 4.72 Å². The van der Waals surface area contributed by atoms with Crippen molar-refractivity contribution in [3.05, 3.63) is 29.8 Å². The first kappa shape index (κ1) is 20.6. The molecule has 0 unspecified atom stereocenters. The molecule has 0 heterocycles. The number of hydrogen-bond acceptors (Lipinski definition) is 6. The summed E-state index contributed by atoms with van der Waals surface area (Å²) in [7, 11) is -3.86. The van der Waals surface area contributed by atoms with Crippen molar-refractivity contribution >= 4 is 27.9 Å². The van der Waals surface area contributed by atoms with Crippen LogP contribution < -0.4 is 15.4 Å². The van der Waals surface area contributed by atoms with E-state index in [1.54, 1.807) is 26.0 Å². The van der Waals surface area contributed by atoms with Gasteiger partial charge in [0.25, 0.3) is 5.91 Å². The lowest BCUT2D eigenvalue weighted by atomic mass is 10.2. The minimum absolute atomic E-state index is 0.00833. The molecule has 1 aromatic rings. The van der Waals surface area contributed by atoms with Crippen molar-refractivity contribution in [3.8, 4) is 0 Å². The Morgan fingerprint density at radius 3 is 2.28 bits per heavy atom. The minimum atomic E-state index is -3.86. The highest BCUT2D eigenvalue weighted by Gasteiger charge is 2.17. The molecule has 3 amide bonds. The van der Waals surface area contributed by atoms with Gasteiger partial charge in [0.15, 0.2) is 6.61 Å². The highest BCUT2D eigenvalue weighted by atomic mass is 32.2. The molecule has 25 heavy (non-hydrogen) atoms. The van der Waals surface area contributed by atoms with Gasteiger partial charge in [0.05, 0.1) is 4.90 Å². The van der Waals surface area contributed by atoms with E-state index in [9.17, 15) is 22.8 Å². The fraction of sp³-hybridized carbons (Fsp3) is 0.400. The molecular formula is C15H21N3O6S. The quantitative estimate of drug-likeness (QED) is 0.581. The largest absolute Gasteiger partial charge is 0.455 e. The number of amides is 3. The summed E-state index contributed by atoms with van der Waals surface area (Å²) in [6.07, 6.45) is 0. The van der Waals surface area contributed by atoms with E-state index in [1.807, 2.05) is 12.2 Å². The summed E-state index contributed by atoms with van der Waals surface area (Å²) >= 11 is 0. The summed E-state index contributed by atoms with van der Waals surface area (Å²) in [5.41, 5.74) is 0.894. The number of ether oxygens (including phenoxy) is 1. The molecule has 10 heteroatoms. The number of carbonyl (C=O) groups is 3. The third-order valence-corrected chi connectivity index (χ3v) is 4.19. The molecule has 0 aromatic heterocycles. The normalized spacial score (nSPS) is 11.0. The molecule has 0 radical (unpaired) electrons. The van der Waals surface area contributed by atoms with E-state index in [2.05, 4.69) is 14.8 Å². The summed E-state index contributed by atoms with van der Waals surface area (Å²) in [6, 6.07) is 5.19. The SMILES string of the molecule is Cc1ccc(S(=O)(=O)NCC(=O)OCC(=O)NC(=O)NC(C)C)cc1. The third kappa shape index (κ3) is 7.77. The van der Waals surface area contributed by atoms with Gasteiger partial charge in [-0.3, -0.25) is 14.9 Å². The molecule has 3 N–H and O–H groups in total. The Labute approximate surface area is 146 Å². The molecule has 0 saturated heterocycles. The summed E-state index contributed by atoms with van der Waals surface area (Å²) in [5, 5.41) is 4.39. The standard InChI is InChI=1S/C15H21N3O6S/c1-10(2)17-15(21)18-13(19)9-24-14(20)8-16-25(22,23)12-6-4-11(3)5-7-12/h4-7,10,16H,8-9H2,1-3H3,(H2,17,18,19,21). The van der Waals surface area contributed by atoms with Gasteiger partial charge in [-0.15, -0.1) is 0 Å². The van der Waals surface area contributed by atoms with Crippen molar-refractivity contribution in [1.29, 1.82) is 0 Å². The first-order valence-corrected chi connectivity index (χ1v) is 8.91. The van der Waals surface area contributed by atoms with Gasteiger partial charge in [0.1, 0.15) is 6.54 Å². The highest BCUT2D eigenvalue weighted by molar-refractivity contribution is 7.89. The maximum atomic E-state index is 12.0. The molecule has 1 rings (SSSR count). The van der Waals surface area contributed by atoms with Crippen LogP contribution in [0.5, 0.6) is 0 Å². The van der Waals surface area contributed by atoms with Crippen LogP contribution >= 0.6 is 0 Å². The summed E-state index contributed by atoms with van der Waals surface area (Å²) in [4.78, 5) is 34.2. The number of imide groups is 1. The van der Waals surface area contributed by atoms with E-state index in [0.717, 1.165) is 5.56 Å². The van der Waals surface area contributed by atoms with E-state index < -0.39 is 41.1 Å². The Hall–Kier alpha value is -2.46. The Kier molecular flexibility index (Phi) is 7.52. The number of sulfonamides is 1. The van der Waals surface area contributed by atoms with E-state index >= 15 is 0 Å². The molecule has 0 spiro atoms. The zero-order chi connectivity index (χ0) is 19.0. The van der Waals surface area contributed by atoms with Crippen molar-refractivity contribution in [1.82, 2.24) is 15.4 Å². The smallest absolute Gasteiger partial charge is 0.321 e. The Bertz CT molecular complexity index is 728. The molecule has 0 saturated carbocycles.